The van der Waals surface area contributed by atoms with Crippen LogP contribution in [0.1, 0.15) is 12.0 Å². The summed E-state index contributed by atoms with van der Waals surface area (Å²) in [5.41, 5.74) is 5.03. The summed E-state index contributed by atoms with van der Waals surface area (Å²) in [6.45, 7) is 1.11. The SMILES string of the molecule is CN1CCCc2c(-c3ccc(F)cc3)cccc21. The lowest BCUT2D eigenvalue weighted by Crippen LogP contribution is -2.24. The van der Waals surface area contributed by atoms with Crippen molar-refractivity contribution in [2.24, 2.45) is 0 Å². The van der Waals surface area contributed by atoms with Gasteiger partial charge in [-0.25, -0.2) is 4.39 Å². The normalized spacial score (nSPS) is 14.4. The Hall–Kier alpha value is -1.83. The highest BCUT2D eigenvalue weighted by Gasteiger charge is 2.17. The van der Waals surface area contributed by atoms with Gasteiger partial charge in [0.1, 0.15) is 5.82 Å². The molecule has 0 aliphatic carbocycles. The first-order valence-electron chi connectivity index (χ1n) is 6.34. The van der Waals surface area contributed by atoms with E-state index >= 15 is 0 Å². The molecule has 0 bridgehead atoms. The molecule has 0 radical (unpaired) electrons. The van der Waals surface area contributed by atoms with Crippen LogP contribution in [0.3, 0.4) is 0 Å². The first kappa shape index (κ1) is 11.3. The number of benzene rings is 2. The minimum Gasteiger partial charge on any atom is -0.374 e. The maximum Gasteiger partial charge on any atom is 0.123 e. The van der Waals surface area contributed by atoms with Crippen LogP contribution in [0, 0.1) is 5.82 Å². The van der Waals surface area contributed by atoms with Gasteiger partial charge in [-0.2, -0.15) is 0 Å². The van der Waals surface area contributed by atoms with E-state index in [1.807, 2.05) is 12.1 Å². The van der Waals surface area contributed by atoms with Gasteiger partial charge in [0.2, 0.25) is 0 Å². The first-order valence-corrected chi connectivity index (χ1v) is 6.34. The van der Waals surface area contributed by atoms with E-state index < -0.39 is 0 Å². The monoisotopic (exact) mass is 241 g/mol. The Morgan fingerprint density at radius 3 is 2.61 bits per heavy atom. The molecule has 2 heteroatoms. The van der Waals surface area contributed by atoms with Gasteiger partial charge in [-0.3, -0.25) is 0 Å². The highest BCUT2D eigenvalue weighted by molar-refractivity contribution is 5.75. The number of fused-ring (bicyclic) bond motifs is 1. The van der Waals surface area contributed by atoms with Crippen LogP contribution >= 0.6 is 0 Å². The van der Waals surface area contributed by atoms with Gasteiger partial charge in [0.05, 0.1) is 0 Å². The van der Waals surface area contributed by atoms with Crippen LogP contribution in [0.5, 0.6) is 0 Å². The summed E-state index contributed by atoms with van der Waals surface area (Å²) in [5, 5.41) is 0. The van der Waals surface area contributed by atoms with Crippen LogP contribution in [-0.4, -0.2) is 13.6 Å². The van der Waals surface area contributed by atoms with Gasteiger partial charge in [0.15, 0.2) is 0 Å². The van der Waals surface area contributed by atoms with E-state index in [2.05, 4.69) is 30.1 Å². The van der Waals surface area contributed by atoms with Gasteiger partial charge < -0.3 is 4.90 Å². The zero-order chi connectivity index (χ0) is 12.5. The summed E-state index contributed by atoms with van der Waals surface area (Å²) in [6.07, 6.45) is 2.29. The smallest absolute Gasteiger partial charge is 0.123 e. The standard InChI is InChI=1S/C16H16FN/c1-18-11-3-5-15-14(4-2-6-16(15)18)12-7-9-13(17)10-8-12/h2,4,6-10H,3,5,11H2,1H3. The van der Waals surface area contributed by atoms with Crippen molar-refractivity contribution in [1.82, 2.24) is 0 Å². The quantitative estimate of drug-likeness (QED) is 0.732. The molecule has 0 spiro atoms. The summed E-state index contributed by atoms with van der Waals surface area (Å²) >= 11 is 0. The number of hydrogen-bond donors (Lipinski definition) is 0. The lowest BCUT2D eigenvalue weighted by atomic mass is 9.92. The van der Waals surface area contributed by atoms with Crippen LogP contribution in [0.15, 0.2) is 42.5 Å². The second kappa shape index (κ2) is 4.45. The van der Waals surface area contributed by atoms with Gasteiger partial charge in [-0.05, 0) is 47.7 Å². The molecular weight excluding hydrogens is 225 g/mol. The predicted molar refractivity (Wildman–Crippen MR) is 73.4 cm³/mol. The summed E-state index contributed by atoms with van der Waals surface area (Å²) in [5.74, 6) is -0.180. The second-order valence-electron chi connectivity index (χ2n) is 4.84. The van der Waals surface area contributed by atoms with Crippen LogP contribution in [0.2, 0.25) is 0 Å². The van der Waals surface area contributed by atoms with Gasteiger partial charge in [-0.1, -0.05) is 24.3 Å². The highest BCUT2D eigenvalue weighted by atomic mass is 19.1. The first-order chi connectivity index (χ1) is 8.75. The van der Waals surface area contributed by atoms with Crippen molar-refractivity contribution >= 4 is 5.69 Å². The third-order valence-corrected chi connectivity index (χ3v) is 3.64. The largest absolute Gasteiger partial charge is 0.374 e. The molecule has 1 nitrogen and oxygen atoms in total. The third-order valence-electron chi connectivity index (χ3n) is 3.64. The van der Waals surface area contributed by atoms with E-state index in [1.54, 1.807) is 0 Å². The number of anilines is 1. The molecule has 0 amide bonds. The fraction of sp³-hybridized carbons (Fsp3) is 0.250. The molecule has 0 fully saturated rings. The molecule has 1 aliphatic rings. The van der Waals surface area contributed by atoms with Crippen molar-refractivity contribution in [3.05, 3.63) is 53.8 Å². The van der Waals surface area contributed by atoms with E-state index in [0.29, 0.717) is 0 Å². The molecule has 0 unspecified atom stereocenters. The van der Waals surface area contributed by atoms with Crippen molar-refractivity contribution in [2.75, 3.05) is 18.5 Å². The Labute approximate surface area is 107 Å². The molecule has 1 aliphatic heterocycles. The molecule has 92 valence electrons. The van der Waals surface area contributed by atoms with E-state index in [4.69, 9.17) is 0 Å². The topological polar surface area (TPSA) is 3.24 Å². The summed E-state index contributed by atoms with van der Waals surface area (Å²) in [7, 11) is 2.13. The van der Waals surface area contributed by atoms with Gasteiger partial charge in [0, 0.05) is 19.3 Å². The Balaban J connectivity index is 2.12. The zero-order valence-electron chi connectivity index (χ0n) is 10.5. The molecule has 0 saturated carbocycles. The molecule has 0 aromatic heterocycles. The van der Waals surface area contributed by atoms with Crippen molar-refractivity contribution in [3.8, 4) is 11.1 Å². The Morgan fingerprint density at radius 2 is 1.83 bits per heavy atom. The van der Waals surface area contributed by atoms with Crippen molar-refractivity contribution in [1.29, 1.82) is 0 Å². The fourth-order valence-electron chi connectivity index (χ4n) is 2.71. The van der Waals surface area contributed by atoms with E-state index in [0.717, 1.165) is 18.5 Å². The Bertz CT molecular complexity index is 560. The average molecular weight is 241 g/mol. The van der Waals surface area contributed by atoms with Gasteiger partial charge in [0.25, 0.3) is 0 Å². The summed E-state index contributed by atoms with van der Waals surface area (Å²) in [4.78, 5) is 2.30. The third kappa shape index (κ3) is 1.88. The highest BCUT2D eigenvalue weighted by Crippen LogP contribution is 2.34. The maximum absolute atomic E-state index is 13.0. The minimum atomic E-state index is -0.180. The number of nitrogens with zero attached hydrogens (tertiary/aromatic N) is 1. The molecule has 2 aromatic carbocycles. The summed E-state index contributed by atoms with van der Waals surface area (Å²) < 4.78 is 13.0. The fourth-order valence-corrected chi connectivity index (χ4v) is 2.71. The van der Waals surface area contributed by atoms with Crippen LogP contribution in [0.25, 0.3) is 11.1 Å². The number of halogens is 1. The van der Waals surface area contributed by atoms with Crippen LogP contribution < -0.4 is 4.90 Å². The van der Waals surface area contributed by atoms with E-state index in [-0.39, 0.29) is 5.82 Å². The van der Waals surface area contributed by atoms with Gasteiger partial charge in [-0.15, -0.1) is 0 Å². The molecule has 3 rings (SSSR count). The lowest BCUT2D eigenvalue weighted by molar-refractivity contribution is 0.628. The van der Waals surface area contributed by atoms with Crippen molar-refractivity contribution in [2.45, 2.75) is 12.8 Å². The second-order valence-corrected chi connectivity index (χ2v) is 4.84. The van der Waals surface area contributed by atoms with Crippen molar-refractivity contribution < 1.29 is 4.39 Å². The number of rotatable bonds is 1. The molecule has 1 heterocycles. The van der Waals surface area contributed by atoms with E-state index in [9.17, 15) is 4.39 Å². The van der Waals surface area contributed by atoms with Crippen LogP contribution in [0.4, 0.5) is 10.1 Å². The summed E-state index contributed by atoms with van der Waals surface area (Å²) in [6, 6.07) is 13.2. The molecule has 0 N–H and O–H groups in total. The minimum absolute atomic E-state index is 0.180. The maximum atomic E-state index is 13.0. The van der Waals surface area contributed by atoms with Crippen LogP contribution in [-0.2, 0) is 6.42 Å². The molecule has 0 saturated heterocycles. The Morgan fingerprint density at radius 1 is 1.06 bits per heavy atom. The average Bonchev–Trinajstić information content (AvgIpc) is 2.40. The molecule has 0 atom stereocenters. The molecule has 18 heavy (non-hydrogen) atoms. The van der Waals surface area contributed by atoms with Crippen molar-refractivity contribution in [3.63, 3.8) is 0 Å². The molecule has 2 aromatic rings. The lowest BCUT2D eigenvalue weighted by Gasteiger charge is -2.29. The zero-order valence-corrected chi connectivity index (χ0v) is 10.5. The van der Waals surface area contributed by atoms with E-state index in [1.165, 1.54) is 35.4 Å². The number of hydrogen-bond acceptors (Lipinski definition) is 1. The van der Waals surface area contributed by atoms with Gasteiger partial charge >= 0.3 is 0 Å². The Kier molecular flexibility index (Phi) is 2.78. The molecular formula is C16H16FN. The predicted octanol–water partition coefficient (Wildman–Crippen LogP) is 3.88.